The standard InChI is InChI=1S/C15H11ClN2O3/c16-9-4-6-10(7-5-9)17-15(20)11-2-1-3-12-14(11)21-8-13(19)18-12/h1-7H,8H2,(H,17,20)(H,18,19). The average Bonchev–Trinajstić information content (AvgIpc) is 2.48. The Labute approximate surface area is 125 Å². The van der Waals surface area contributed by atoms with Crippen LogP contribution < -0.4 is 15.4 Å². The van der Waals surface area contributed by atoms with Gasteiger partial charge in [-0.05, 0) is 36.4 Å². The van der Waals surface area contributed by atoms with E-state index in [2.05, 4.69) is 10.6 Å². The smallest absolute Gasteiger partial charge is 0.262 e. The summed E-state index contributed by atoms with van der Waals surface area (Å²) < 4.78 is 5.35. The molecule has 3 rings (SSSR count). The first-order chi connectivity index (χ1) is 10.1. The lowest BCUT2D eigenvalue weighted by Gasteiger charge is -2.20. The number of anilines is 2. The van der Waals surface area contributed by atoms with Crippen LogP contribution in [0, 0.1) is 0 Å². The number of carbonyl (C=O) groups excluding carboxylic acids is 2. The van der Waals surface area contributed by atoms with Crippen molar-refractivity contribution in [3.63, 3.8) is 0 Å². The molecule has 0 saturated heterocycles. The van der Waals surface area contributed by atoms with Crippen molar-refractivity contribution in [3.8, 4) is 5.75 Å². The molecular formula is C15H11ClN2O3. The number of nitrogens with one attached hydrogen (secondary N) is 2. The monoisotopic (exact) mass is 302 g/mol. The molecule has 2 aromatic carbocycles. The summed E-state index contributed by atoms with van der Waals surface area (Å²) in [5.41, 5.74) is 1.49. The van der Waals surface area contributed by atoms with Gasteiger partial charge in [-0.3, -0.25) is 9.59 Å². The number of hydrogen-bond donors (Lipinski definition) is 2. The van der Waals surface area contributed by atoms with E-state index in [0.717, 1.165) is 0 Å². The van der Waals surface area contributed by atoms with Crippen molar-refractivity contribution in [1.29, 1.82) is 0 Å². The Morgan fingerprint density at radius 2 is 1.95 bits per heavy atom. The summed E-state index contributed by atoms with van der Waals surface area (Å²) >= 11 is 5.80. The van der Waals surface area contributed by atoms with Gasteiger partial charge in [-0.1, -0.05) is 17.7 Å². The molecule has 106 valence electrons. The predicted molar refractivity (Wildman–Crippen MR) is 80.0 cm³/mol. The van der Waals surface area contributed by atoms with Crippen LogP contribution >= 0.6 is 11.6 Å². The zero-order valence-electron chi connectivity index (χ0n) is 10.9. The van der Waals surface area contributed by atoms with Gasteiger partial charge in [0.25, 0.3) is 11.8 Å². The van der Waals surface area contributed by atoms with Gasteiger partial charge in [0.15, 0.2) is 12.4 Å². The van der Waals surface area contributed by atoms with E-state index < -0.39 is 0 Å². The van der Waals surface area contributed by atoms with Gasteiger partial charge in [0, 0.05) is 10.7 Å². The minimum atomic E-state index is -0.315. The molecule has 6 heteroatoms. The first kappa shape index (κ1) is 13.5. The van der Waals surface area contributed by atoms with Crippen molar-refractivity contribution in [3.05, 3.63) is 53.1 Å². The number of rotatable bonds is 2. The third-order valence-electron chi connectivity index (χ3n) is 2.98. The average molecular weight is 303 g/mol. The predicted octanol–water partition coefficient (Wildman–Crippen LogP) is 2.92. The molecule has 1 heterocycles. The number of halogens is 1. The quantitative estimate of drug-likeness (QED) is 0.896. The van der Waals surface area contributed by atoms with Crippen molar-refractivity contribution >= 4 is 34.8 Å². The normalized spacial score (nSPS) is 12.9. The molecule has 21 heavy (non-hydrogen) atoms. The molecule has 2 N–H and O–H groups in total. The maximum atomic E-state index is 12.3. The summed E-state index contributed by atoms with van der Waals surface area (Å²) in [6, 6.07) is 11.8. The number of carbonyl (C=O) groups is 2. The van der Waals surface area contributed by atoms with Gasteiger partial charge in [-0.15, -0.1) is 0 Å². The van der Waals surface area contributed by atoms with Crippen molar-refractivity contribution in [2.24, 2.45) is 0 Å². The van der Waals surface area contributed by atoms with Crippen LogP contribution in [0.1, 0.15) is 10.4 Å². The molecule has 0 aliphatic carbocycles. The van der Waals surface area contributed by atoms with Crippen LogP contribution in [-0.4, -0.2) is 18.4 Å². The Bertz CT molecular complexity index is 713. The summed E-state index contributed by atoms with van der Waals surface area (Å²) in [7, 11) is 0. The van der Waals surface area contributed by atoms with Crippen LogP contribution in [0.5, 0.6) is 5.75 Å². The van der Waals surface area contributed by atoms with Crippen molar-refractivity contribution in [2.75, 3.05) is 17.2 Å². The molecule has 1 aliphatic rings. The molecule has 0 radical (unpaired) electrons. The van der Waals surface area contributed by atoms with E-state index in [0.29, 0.717) is 27.7 Å². The van der Waals surface area contributed by atoms with Crippen molar-refractivity contribution in [2.45, 2.75) is 0 Å². The Morgan fingerprint density at radius 1 is 1.19 bits per heavy atom. The molecular weight excluding hydrogens is 292 g/mol. The second-order valence-electron chi connectivity index (χ2n) is 4.48. The molecule has 0 saturated carbocycles. The van der Waals surface area contributed by atoms with Gasteiger partial charge < -0.3 is 15.4 Å². The summed E-state index contributed by atoms with van der Waals surface area (Å²) in [5.74, 6) is -0.174. The second-order valence-corrected chi connectivity index (χ2v) is 4.92. The van der Waals surface area contributed by atoms with Gasteiger partial charge in [0.1, 0.15) is 0 Å². The molecule has 0 aromatic heterocycles. The molecule has 1 aliphatic heterocycles. The SMILES string of the molecule is O=C1COc2c(cccc2C(=O)Nc2ccc(Cl)cc2)N1. The first-order valence-corrected chi connectivity index (χ1v) is 6.64. The summed E-state index contributed by atoms with van der Waals surface area (Å²) in [4.78, 5) is 23.6. The van der Waals surface area contributed by atoms with E-state index >= 15 is 0 Å². The lowest BCUT2D eigenvalue weighted by molar-refractivity contribution is -0.118. The van der Waals surface area contributed by atoms with Crippen LogP contribution in [0.2, 0.25) is 5.02 Å². The lowest BCUT2D eigenvalue weighted by atomic mass is 10.1. The zero-order valence-corrected chi connectivity index (χ0v) is 11.6. The Balaban J connectivity index is 1.87. The fourth-order valence-corrected chi connectivity index (χ4v) is 2.15. The van der Waals surface area contributed by atoms with E-state index in [1.54, 1.807) is 42.5 Å². The Hall–Kier alpha value is -2.53. The molecule has 0 bridgehead atoms. The van der Waals surface area contributed by atoms with Gasteiger partial charge >= 0.3 is 0 Å². The number of hydrogen-bond acceptors (Lipinski definition) is 3. The Kier molecular flexibility index (Phi) is 3.50. The number of ether oxygens (including phenoxy) is 1. The van der Waals surface area contributed by atoms with Crippen molar-refractivity contribution in [1.82, 2.24) is 0 Å². The highest BCUT2D eigenvalue weighted by atomic mass is 35.5. The summed E-state index contributed by atoms with van der Waals surface area (Å²) in [6.45, 7) is -0.0990. The maximum absolute atomic E-state index is 12.3. The number of para-hydroxylation sites is 1. The van der Waals surface area contributed by atoms with Gasteiger partial charge in [-0.25, -0.2) is 0 Å². The van der Waals surface area contributed by atoms with Crippen molar-refractivity contribution < 1.29 is 14.3 Å². The minimum absolute atomic E-state index is 0.0990. The molecule has 0 atom stereocenters. The zero-order chi connectivity index (χ0) is 14.8. The second kappa shape index (κ2) is 5.46. The molecule has 0 fully saturated rings. The molecule has 2 aromatic rings. The third-order valence-corrected chi connectivity index (χ3v) is 3.24. The van der Waals surface area contributed by atoms with Crippen LogP contribution in [0.3, 0.4) is 0 Å². The molecule has 5 nitrogen and oxygen atoms in total. The van der Waals surface area contributed by atoms with Gasteiger partial charge in [-0.2, -0.15) is 0 Å². The van der Waals surface area contributed by atoms with E-state index in [1.165, 1.54) is 0 Å². The minimum Gasteiger partial charge on any atom is -0.481 e. The number of amides is 2. The summed E-state index contributed by atoms with van der Waals surface area (Å²) in [5, 5.41) is 6.02. The number of benzene rings is 2. The third kappa shape index (κ3) is 2.83. The fourth-order valence-electron chi connectivity index (χ4n) is 2.03. The topological polar surface area (TPSA) is 67.4 Å². The van der Waals surface area contributed by atoms with E-state index in [-0.39, 0.29) is 18.4 Å². The molecule has 2 amide bonds. The van der Waals surface area contributed by atoms with Gasteiger partial charge in [0.2, 0.25) is 0 Å². The van der Waals surface area contributed by atoms with E-state index in [4.69, 9.17) is 16.3 Å². The highest BCUT2D eigenvalue weighted by Gasteiger charge is 2.22. The summed E-state index contributed by atoms with van der Waals surface area (Å²) in [6.07, 6.45) is 0. The largest absolute Gasteiger partial charge is 0.481 e. The first-order valence-electron chi connectivity index (χ1n) is 6.26. The van der Waals surface area contributed by atoms with Crippen LogP contribution in [0.4, 0.5) is 11.4 Å². The van der Waals surface area contributed by atoms with Crippen LogP contribution in [0.15, 0.2) is 42.5 Å². The van der Waals surface area contributed by atoms with Crippen LogP contribution in [-0.2, 0) is 4.79 Å². The number of fused-ring (bicyclic) bond motifs is 1. The highest BCUT2D eigenvalue weighted by molar-refractivity contribution is 6.30. The maximum Gasteiger partial charge on any atom is 0.262 e. The Morgan fingerprint density at radius 3 is 2.71 bits per heavy atom. The molecule has 0 spiro atoms. The molecule has 0 unspecified atom stereocenters. The van der Waals surface area contributed by atoms with E-state index in [9.17, 15) is 9.59 Å². The van der Waals surface area contributed by atoms with Gasteiger partial charge in [0.05, 0.1) is 11.3 Å². The fraction of sp³-hybridized carbons (Fsp3) is 0.0667. The lowest BCUT2D eigenvalue weighted by Crippen LogP contribution is -2.27. The van der Waals surface area contributed by atoms with Crippen LogP contribution in [0.25, 0.3) is 0 Å². The highest BCUT2D eigenvalue weighted by Crippen LogP contribution is 2.32. The van der Waals surface area contributed by atoms with E-state index in [1.807, 2.05) is 0 Å².